The van der Waals surface area contributed by atoms with Crippen LogP contribution in [0.15, 0.2) is 24.3 Å². The largest absolute Gasteiger partial charge is 0.388 e. The van der Waals surface area contributed by atoms with Gasteiger partial charge >= 0.3 is 0 Å². The number of aliphatic hydroxyl groups is 1. The summed E-state index contributed by atoms with van der Waals surface area (Å²) in [5.74, 6) is -0.274. The second-order valence-electron chi connectivity index (χ2n) is 4.34. The molecule has 3 N–H and O–H groups in total. The average Bonchev–Trinajstić information content (AvgIpc) is 2.67. The number of halogens is 2. The lowest BCUT2D eigenvalue weighted by atomic mass is 9.88. The van der Waals surface area contributed by atoms with Crippen molar-refractivity contribution in [1.29, 1.82) is 0 Å². The van der Waals surface area contributed by atoms with Gasteiger partial charge in [-0.05, 0) is 30.5 Å². The number of nitrogens with two attached hydrogens (primary N) is 1. The van der Waals surface area contributed by atoms with E-state index in [9.17, 15) is 9.50 Å². The zero-order valence-electron chi connectivity index (χ0n) is 9.03. The lowest BCUT2D eigenvalue weighted by molar-refractivity contribution is 0.0203. The fourth-order valence-electron chi connectivity index (χ4n) is 2.28. The smallest absolute Gasteiger partial charge is 0.123 e. The maximum absolute atomic E-state index is 12.7. The molecule has 90 valence electrons. The highest BCUT2D eigenvalue weighted by Crippen LogP contribution is 2.38. The van der Waals surface area contributed by atoms with Gasteiger partial charge in [-0.25, -0.2) is 4.39 Å². The molecule has 1 saturated carbocycles. The Morgan fingerprint density at radius 3 is 2.19 bits per heavy atom. The Bertz CT molecular complexity index is 335. The fraction of sp³-hybridized carbons (Fsp3) is 0.500. The highest BCUT2D eigenvalue weighted by Gasteiger charge is 2.37. The van der Waals surface area contributed by atoms with Crippen LogP contribution in [0, 0.1) is 5.82 Å². The van der Waals surface area contributed by atoms with Crippen molar-refractivity contribution in [3.63, 3.8) is 0 Å². The molecule has 0 heterocycles. The van der Waals surface area contributed by atoms with Gasteiger partial charge in [0, 0.05) is 0 Å². The van der Waals surface area contributed by atoms with Gasteiger partial charge in [-0.1, -0.05) is 25.0 Å². The Morgan fingerprint density at radius 1 is 1.19 bits per heavy atom. The van der Waals surface area contributed by atoms with Crippen LogP contribution >= 0.6 is 12.4 Å². The topological polar surface area (TPSA) is 46.2 Å². The Balaban J connectivity index is 0.00000128. The van der Waals surface area contributed by atoms with Gasteiger partial charge in [0.15, 0.2) is 0 Å². The average molecular weight is 246 g/mol. The molecule has 16 heavy (non-hydrogen) atoms. The number of hydrogen-bond acceptors (Lipinski definition) is 2. The van der Waals surface area contributed by atoms with Crippen molar-refractivity contribution in [2.45, 2.75) is 37.3 Å². The first-order chi connectivity index (χ1) is 7.12. The lowest BCUT2D eigenvalue weighted by Crippen LogP contribution is -2.38. The predicted molar refractivity (Wildman–Crippen MR) is 64.0 cm³/mol. The molecular formula is C12H17ClFNO. The molecule has 1 aromatic rings. The molecule has 0 amide bonds. The summed E-state index contributed by atoms with van der Waals surface area (Å²) < 4.78 is 12.7. The minimum absolute atomic E-state index is 0. The van der Waals surface area contributed by atoms with Gasteiger partial charge in [-0.2, -0.15) is 0 Å². The minimum atomic E-state index is -0.794. The van der Waals surface area contributed by atoms with Gasteiger partial charge in [0.25, 0.3) is 0 Å². The van der Waals surface area contributed by atoms with Crippen LogP contribution in [0.5, 0.6) is 0 Å². The van der Waals surface area contributed by atoms with E-state index in [-0.39, 0.29) is 18.2 Å². The van der Waals surface area contributed by atoms with Crippen LogP contribution < -0.4 is 5.73 Å². The maximum atomic E-state index is 12.7. The van der Waals surface area contributed by atoms with Crippen LogP contribution in [0.2, 0.25) is 0 Å². The van der Waals surface area contributed by atoms with Gasteiger partial charge in [-0.3, -0.25) is 0 Å². The van der Waals surface area contributed by atoms with E-state index >= 15 is 0 Å². The maximum Gasteiger partial charge on any atom is 0.123 e. The lowest BCUT2D eigenvalue weighted by Gasteiger charge is -2.29. The van der Waals surface area contributed by atoms with E-state index in [0.717, 1.165) is 31.2 Å². The summed E-state index contributed by atoms with van der Waals surface area (Å²) in [6, 6.07) is 5.66. The molecule has 4 heteroatoms. The van der Waals surface area contributed by atoms with Gasteiger partial charge < -0.3 is 10.8 Å². The number of hydrogen-bond donors (Lipinski definition) is 2. The van der Waals surface area contributed by atoms with Gasteiger partial charge in [0.1, 0.15) is 5.82 Å². The molecule has 0 bridgehead atoms. The summed E-state index contributed by atoms with van der Waals surface area (Å²) in [5.41, 5.74) is 6.02. The second kappa shape index (κ2) is 5.13. The highest BCUT2D eigenvalue weighted by atomic mass is 35.5. The summed E-state index contributed by atoms with van der Waals surface area (Å²) in [6.07, 6.45) is 3.52. The molecule has 0 aliphatic heterocycles. The molecule has 1 aliphatic carbocycles. The van der Waals surface area contributed by atoms with Gasteiger partial charge in [0.2, 0.25) is 0 Å². The summed E-state index contributed by atoms with van der Waals surface area (Å²) >= 11 is 0. The number of benzene rings is 1. The van der Waals surface area contributed by atoms with Crippen molar-refractivity contribution in [3.8, 4) is 0 Å². The monoisotopic (exact) mass is 245 g/mol. The van der Waals surface area contributed by atoms with Crippen molar-refractivity contribution >= 4 is 12.4 Å². The van der Waals surface area contributed by atoms with Crippen LogP contribution in [0.4, 0.5) is 4.39 Å². The Kier molecular flexibility index (Phi) is 4.30. The standard InChI is InChI=1S/C12H16FNO.ClH/c13-10-5-3-9(4-6-10)11(14)12(15)7-1-2-8-12;/h3-6,11,15H,1-2,7-8,14H2;1H. The van der Waals surface area contributed by atoms with Crippen molar-refractivity contribution < 1.29 is 9.50 Å². The third-order valence-corrected chi connectivity index (χ3v) is 3.28. The van der Waals surface area contributed by atoms with Crippen LogP contribution in [-0.2, 0) is 0 Å². The van der Waals surface area contributed by atoms with Crippen molar-refractivity contribution in [2.75, 3.05) is 0 Å². The summed E-state index contributed by atoms with van der Waals surface area (Å²) in [7, 11) is 0. The Morgan fingerprint density at radius 2 is 1.69 bits per heavy atom. The van der Waals surface area contributed by atoms with Crippen molar-refractivity contribution in [1.82, 2.24) is 0 Å². The normalized spacial score (nSPS) is 20.2. The van der Waals surface area contributed by atoms with Crippen LogP contribution in [0.25, 0.3) is 0 Å². The molecule has 0 aromatic heterocycles. The third kappa shape index (κ3) is 2.54. The zero-order valence-corrected chi connectivity index (χ0v) is 9.84. The SMILES string of the molecule is Cl.NC(c1ccc(F)cc1)C1(O)CCCC1. The summed E-state index contributed by atoms with van der Waals surface area (Å²) in [5, 5.41) is 10.3. The first-order valence-corrected chi connectivity index (χ1v) is 5.35. The number of rotatable bonds is 2. The van der Waals surface area contributed by atoms with Crippen LogP contribution in [0.1, 0.15) is 37.3 Å². The third-order valence-electron chi connectivity index (χ3n) is 3.28. The molecular weight excluding hydrogens is 229 g/mol. The van der Waals surface area contributed by atoms with Crippen LogP contribution in [0.3, 0.4) is 0 Å². The van der Waals surface area contributed by atoms with Gasteiger partial charge in [0.05, 0.1) is 11.6 Å². The minimum Gasteiger partial charge on any atom is -0.388 e. The van der Waals surface area contributed by atoms with E-state index in [1.807, 2.05) is 0 Å². The molecule has 1 fully saturated rings. The van der Waals surface area contributed by atoms with Crippen molar-refractivity contribution in [2.24, 2.45) is 5.73 Å². The first kappa shape index (κ1) is 13.4. The predicted octanol–water partition coefficient (Wildman–Crippen LogP) is 2.55. The fourth-order valence-corrected chi connectivity index (χ4v) is 2.28. The molecule has 0 radical (unpaired) electrons. The van der Waals surface area contributed by atoms with E-state index in [1.54, 1.807) is 12.1 Å². The van der Waals surface area contributed by atoms with E-state index in [1.165, 1.54) is 12.1 Å². The molecule has 2 rings (SSSR count). The van der Waals surface area contributed by atoms with Gasteiger partial charge in [-0.15, -0.1) is 12.4 Å². The summed E-state index contributed by atoms with van der Waals surface area (Å²) in [6.45, 7) is 0. The van der Waals surface area contributed by atoms with E-state index in [4.69, 9.17) is 5.73 Å². The molecule has 0 spiro atoms. The molecule has 1 aromatic carbocycles. The zero-order chi connectivity index (χ0) is 10.9. The molecule has 1 atom stereocenters. The molecule has 0 saturated heterocycles. The van der Waals surface area contributed by atoms with Crippen molar-refractivity contribution in [3.05, 3.63) is 35.6 Å². The second-order valence-corrected chi connectivity index (χ2v) is 4.34. The highest BCUT2D eigenvalue weighted by molar-refractivity contribution is 5.85. The summed E-state index contributed by atoms with van der Waals surface area (Å²) in [4.78, 5) is 0. The van der Waals surface area contributed by atoms with E-state index < -0.39 is 11.6 Å². The van der Waals surface area contributed by atoms with E-state index in [0.29, 0.717) is 0 Å². The quantitative estimate of drug-likeness (QED) is 0.841. The molecule has 1 aliphatic rings. The Hall–Kier alpha value is -0.640. The Labute approximate surface area is 101 Å². The van der Waals surface area contributed by atoms with E-state index in [2.05, 4.69) is 0 Å². The molecule has 1 unspecified atom stereocenters. The first-order valence-electron chi connectivity index (χ1n) is 5.35. The molecule has 2 nitrogen and oxygen atoms in total. The van der Waals surface area contributed by atoms with Crippen LogP contribution in [-0.4, -0.2) is 10.7 Å².